The molecule has 6 heteroatoms. The fourth-order valence-corrected chi connectivity index (χ4v) is 3.00. The Bertz CT molecular complexity index is 868. The summed E-state index contributed by atoms with van der Waals surface area (Å²) in [6.07, 6.45) is 0. The smallest absolute Gasteiger partial charge is 0.361 e. The SMILES string of the molecule is CCOC(=O)c1nnc(-c2ccc(C)cc2)nc1Sc1ccccc1. The van der Waals surface area contributed by atoms with E-state index in [1.807, 2.05) is 61.5 Å². The van der Waals surface area contributed by atoms with Gasteiger partial charge in [0.05, 0.1) is 6.61 Å². The summed E-state index contributed by atoms with van der Waals surface area (Å²) < 4.78 is 5.07. The molecule has 0 bridgehead atoms. The van der Waals surface area contributed by atoms with Gasteiger partial charge in [-0.05, 0) is 26.0 Å². The minimum atomic E-state index is -0.517. The van der Waals surface area contributed by atoms with Crippen LogP contribution in [0.1, 0.15) is 23.0 Å². The number of esters is 1. The van der Waals surface area contributed by atoms with Gasteiger partial charge in [-0.2, -0.15) is 0 Å². The molecule has 0 saturated heterocycles. The highest BCUT2D eigenvalue weighted by Crippen LogP contribution is 2.29. The van der Waals surface area contributed by atoms with Crippen LogP contribution in [0.3, 0.4) is 0 Å². The second-order valence-electron chi connectivity index (χ2n) is 5.29. The van der Waals surface area contributed by atoms with Gasteiger partial charge in [0.15, 0.2) is 5.82 Å². The summed E-state index contributed by atoms with van der Waals surface area (Å²) in [5.41, 5.74) is 2.13. The van der Waals surface area contributed by atoms with Crippen molar-refractivity contribution in [3.05, 3.63) is 65.9 Å². The van der Waals surface area contributed by atoms with Crippen LogP contribution in [0, 0.1) is 6.92 Å². The average Bonchev–Trinajstić information content (AvgIpc) is 2.63. The second kappa shape index (κ2) is 7.90. The van der Waals surface area contributed by atoms with Crippen LogP contribution in [0.2, 0.25) is 0 Å². The first-order valence-electron chi connectivity index (χ1n) is 7.89. The monoisotopic (exact) mass is 351 g/mol. The van der Waals surface area contributed by atoms with Crippen molar-refractivity contribution in [1.82, 2.24) is 15.2 Å². The van der Waals surface area contributed by atoms with Gasteiger partial charge < -0.3 is 4.74 Å². The van der Waals surface area contributed by atoms with E-state index in [0.29, 0.717) is 10.9 Å². The maximum absolute atomic E-state index is 12.2. The van der Waals surface area contributed by atoms with E-state index in [0.717, 1.165) is 16.0 Å². The van der Waals surface area contributed by atoms with Gasteiger partial charge in [-0.25, -0.2) is 9.78 Å². The van der Waals surface area contributed by atoms with Crippen molar-refractivity contribution in [2.45, 2.75) is 23.8 Å². The van der Waals surface area contributed by atoms with Crippen molar-refractivity contribution in [3.63, 3.8) is 0 Å². The Labute approximate surface area is 150 Å². The molecule has 0 spiro atoms. The average molecular weight is 351 g/mol. The Morgan fingerprint density at radius 3 is 2.44 bits per heavy atom. The highest BCUT2D eigenvalue weighted by molar-refractivity contribution is 7.99. The Morgan fingerprint density at radius 2 is 1.76 bits per heavy atom. The van der Waals surface area contributed by atoms with E-state index >= 15 is 0 Å². The minimum absolute atomic E-state index is 0.131. The molecule has 3 rings (SSSR count). The van der Waals surface area contributed by atoms with Crippen molar-refractivity contribution in [2.24, 2.45) is 0 Å². The molecule has 0 aliphatic rings. The van der Waals surface area contributed by atoms with Gasteiger partial charge in [-0.15, -0.1) is 10.2 Å². The van der Waals surface area contributed by atoms with Crippen LogP contribution in [0.25, 0.3) is 11.4 Å². The van der Waals surface area contributed by atoms with E-state index in [1.54, 1.807) is 6.92 Å². The normalized spacial score (nSPS) is 10.5. The number of hydrogen-bond donors (Lipinski definition) is 0. The third-order valence-electron chi connectivity index (χ3n) is 3.39. The Kier molecular flexibility index (Phi) is 5.40. The highest BCUT2D eigenvalue weighted by atomic mass is 32.2. The number of carbonyl (C=O) groups excluding carboxylic acids is 1. The fourth-order valence-electron chi connectivity index (χ4n) is 2.14. The summed E-state index contributed by atoms with van der Waals surface area (Å²) >= 11 is 1.37. The number of nitrogens with zero attached hydrogens (tertiary/aromatic N) is 3. The summed E-state index contributed by atoms with van der Waals surface area (Å²) in [7, 11) is 0. The van der Waals surface area contributed by atoms with E-state index in [1.165, 1.54) is 11.8 Å². The number of hydrogen-bond acceptors (Lipinski definition) is 6. The molecule has 1 heterocycles. The zero-order chi connectivity index (χ0) is 17.6. The van der Waals surface area contributed by atoms with Crippen LogP contribution in [0.15, 0.2) is 64.5 Å². The Hall–Kier alpha value is -2.73. The maximum atomic E-state index is 12.2. The Balaban J connectivity index is 2.01. The van der Waals surface area contributed by atoms with E-state index in [9.17, 15) is 4.79 Å². The zero-order valence-corrected chi connectivity index (χ0v) is 14.8. The van der Waals surface area contributed by atoms with Gasteiger partial charge in [0.1, 0.15) is 5.03 Å². The maximum Gasteiger partial charge on any atom is 0.361 e. The lowest BCUT2D eigenvalue weighted by molar-refractivity contribution is 0.0512. The highest BCUT2D eigenvalue weighted by Gasteiger charge is 2.19. The molecule has 0 amide bonds. The number of aryl methyl sites for hydroxylation is 1. The van der Waals surface area contributed by atoms with Crippen molar-refractivity contribution in [2.75, 3.05) is 6.61 Å². The van der Waals surface area contributed by atoms with Gasteiger partial charge in [-0.3, -0.25) is 0 Å². The largest absolute Gasteiger partial charge is 0.461 e. The molecule has 126 valence electrons. The zero-order valence-electron chi connectivity index (χ0n) is 14.0. The minimum Gasteiger partial charge on any atom is -0.461 e. The molecule has 0 saturated carbocycles. The second-order valence-corrected chi connectivity index (χ2v) is 6.35. The number of ether oxygens (including phenoxy) is 1. The number of rotatable bonds is 5. The molecule has 25 heavy (non-hydrogen) atoms. The van der Waals surface area contributed by atoms with Crippen molar-refractivity contribution in [1.29, 1.82) is 0 Å². The number of benzene rings is 2. The molecule has 5 nitrogen and oxygen atoms in total. The lowest BCUT2D eigenvalue weighted by Crippen LogP contribution is -2.12. The summed E-state index contributed by atoms with van der Waals surface area (Å²) in [5, 5.41) is 8.67. The Morgan fingerprint density at radius 1 is 1.04 bits per heavy atom. The van der Waals surface area contributed by atoms with Crippen LogP contribution in [0.4, 0.5) is 0 Å². The number of carbonyl (C=O) groups is 1. The molecule has 0 aliphatic carbocycles. The molecule has 1 aromatic heterocycles. The lowest BCUT2D eigenvalue weighted by Gasteiger charge is -2.08. The van der Waals surface area contributed by atoms with Crippen molar-refractivity contribution in [3.8, 4) is 11.4 Å². The summed E-state index contributed by atoms with van der Waals surface area (Å²) in [6, 6.07) is 17.6. The van der Waals surface area contributed by atoms with Gasteiger partial charge in [0.25, 0.3) is 0 Å². The molecule has 0 atom stereocenters. The standard InChI is InChI=1S/C19H17N3O2S/c1-3-24-19(23)16-18(25-15-7-5-4-6-8-15)20-17(22-21-16)14-11-9-13(2)10-12-14/h4-12H,3H2,1-2H3. The molecular weight excluding hydrogens is 334 g/mol. The van der Waals surface area contributed by atoms with Crippen LogP contribution >= 0.6 is 11.8 Å². The van der Waals surface area contributed by atoms with Crippen molar-refractivity contribution < 1.29 is 9.53 Å². The predicted octanol–water partition coefficient (Wildman–Crippen LogP) is 4.17. The van der Waals surface area contributed by atoms with Crippen LogP contribution in [-0.4, -0.2) is 27.8 Å². The van der Waals surface area contributed by atoms with Crippen LogP contribution in [-0.2, 0) is 4.74 Å². The molecule has 3 aromatic rings. The third kappa shape index (κ3) is 4.22. The van der Waals surface area contributed by atoms with E-state index in [4.69, 9.17) is 4.74 Å². The first-order valence-corrected chi connectivity index (χ1v) is 8.71. The molecular formula is C19H17N3O2S. The van der Waals surface area contributed by atoms with Crippen molar-refractivity contribution >= 4 is 17.7 Å². The van der Waals surface area contributed by atoms with Crippen LogP contribution in [0.5, 0.6) is 0 Å². The van der Waals surface area contributed by atoms with Gasteiger partial charge in [-0.1, -0.05) is 59.8 Å². The third-order valence-corrected chi connectivity index (χ3v) is 4.38. The van der Waals surface area contributed by atoms with E-state index in [-0.39, 0.29) is 12.3 Å². The van der Waals surface area contributed by atoms with E-state index < -0.39 is 5.97 Å². The molecule has 0 N–H and O–H groups in total. The molecule has 0 radical (unpaired) electrons. The number of aromatic nitrogens is 3. The van der Waals surface area contributed by atoms with Gasteiger partial charge in [0.2, 0.25) is 5.69 Å². The lowest BCUT2D eigenvalue weighted by atomic mass is 10.1. The summed E-state index contributed by atoms with van der Waals surface area (Å²) in [5.74, 6) is -0.0390. The summed E-state index contributed by atoms with van der Waals surface area (Å²) in [4.78, 5) is 17.7. The predicted molar refractivity (Wildman–Crippen MR) is 96.5 cm³/mol. The molecule has 0 unspecified atom stereocenters. The van der Waals surface area contributed by atoms with Gasteiger partial charge >= 0.3 is 5.97 Å². The van der Waals surface area contributed by atoms with E-state index in [2.05, 4.69) is 15.2 Å². The molecule has 2 aromatic carbocycles. The first-order chi connectivity index (χ1) is 12.2. The summed E-state index contributed by atoms with van der Waals surface area (Å²) in [6.45, 7) is 4.04. The molecule has 0 fully saturated rings. The quantitative estimate of drug-likeness (QED) is 0.643. The molecule has 0 aliphatic heterocycles. The van der Waals surface area contributed by atoms with Gasteiger partial charge in [0, 0.05) is 10.5 Å². The first kappa shape index (κ1) is 17.1. The fraction of sp³-hybridized carbons (Fsp3) is 0.158. The topological polar surface area (TPSA) is 65.0 Å². The van der Waals surface area contributed by atoms with Crippen LogP contribution < -0.4 is 0 Å².